The minimum atomic E-state index is 0.130. The Balaban J connectivity index is 1.50. The van der Waals surface area contributed by atoms with Gasteiger partial charge in [-0.2, -0.15) is 0 Å². The molecule has 5 nitrogen and oxygen atoms in total. The zero-order chi connectivity index (χ0) is 18.6. The van der Waals surface area contributed by atoms with Gasteiger partial charge in [-0.3, -0.25) is 14.7 Å². The summed E-state index contributed by atoms with van der Waals surface area (Å²) in [4.78, 5) is 21.6. The molecule has 3 aliphatic rings. The molecule has 4 heterocycles. The van der Waals surface area contributed by atoms with Crippen molar-refractivity contribution in [3.63, 3.8) is 0 Å². The van der Waals surface area contributed by atoms with Gasteiger partial charge in [0.25, 0.3) is 5.91 Å². The van der Waals surface area contributed by atoms with Gasteiger partial charge in [-0.1, -0.05) is 18.2 Å². The van der Waals surface area contributed by atoms with E-state index in [2.05, 4.69) is 22.0 Å². The molecular weight excluding hydrogens is 338 g/mol. The van der Waals surface area contributed by atoms with Crippen LogP contribution in [0.4, 0.5) is 0 Å². The number of aromatic nitrogens is 1. The van der Waals surface area contributed by atoms with Crippen molar-refractivity contribution in [1.82, 2.24) is 14.8 Å². The van der Waals surface area contributed by atoms with E-state index in [1.807, 2.05) is 36.1 Å². The van der Waals surface area contributed by atoms with Crippen LogP contribution in [-0.2, 0) is 6.54 Å². The van der Waals surface area contributed by atoms with Crippen LogP contribution >= 0.6 is 0 Å². The summed E-state index contributed by atoms with van der Waals surface area (Å²) in [7, 11) is 0. The first kappa shape index (κ1) is 18.0. The van der Waals surface area contributed by atoms with Crippen molar-refractivity contribution in [2.75, 3.05) is 26.2 Å². The number of pyridine rings is 1. The average molecular weight is 365 g/mol. The highest BCUT2D eigenvalue weighted by Gasteiger charge is 2.36. The summed E-state index contributed by atoms with van der Waals surface area (Å²) in [5.74, 6) is 1.64. The first-order valence-corrected chi connectivity index (χ1v) is 9.88. The van der Waals surface area contributed by atoms with Gasteiger partial charge in [0, 0.05) is 55.7 Å². The summed E-state index contributed by atoms with van der Waals surface area (Å²) in [5.41, 5.74) is 1.97. The third kappa shape index (κ3) is 3.98. The van der Waals surface area contributed by atoms with Gasteiger partial charge in [0.1, 0.15) is 5.75 Å². The van der Waals surface area contributed by atoms with E-state index >= 15 is 0 Å². The van der Waals surface area contributed by atoms with Crippen LogP contribution in [0.3, 0.4) is 0 Å². The molecule has 5 rings (SSSR count). The van der Waals surface area contributed by atoms with Crippen molar-refractivity contribution in [2.45, 2.75) is 32.4 Å². The third-order valence-electron chi connectivity index (χ3n) is 5.69. The van der Waals surface area contributed by atoms with Gasteiger partial charge >= 0.3 is 0 Å². The summed E-state index contributed by atoms with van der Waals surface area (Å²) >= 11 is 0. The molecule has 142 valence electrons. The second-order valence-electron chi connectivity index (χ2n) is 7.51. The molecule has 1 aromatic heterocycles. The van der Waals surface area contributed by atoms with E-state index in [1.54, 1.807) is 12.4 Å². The van der Waals surface area contributed by atoms with Crippen LogP contribution in [-0.4, -0.2) is 53.0 Å². The van der Waals surface area contributed by atoms with Crippen LogP contribution in [0, 0.1) is 5.92 Å². The molecule has 0 aliphatic carbocycles. The summed E-state index contributed by atoms with van der Waals surface area (Å²) in [6.07, 6.45) is 5.74. The van der Waals surface area contributed by atoms with Crippen molar-refractivity contribution in [1.29, 1.82) is 0 Å². The van der Waals surface area contributed by atoms with Crippen LogP contribution in [0.1, 0.15) is 35.7 Å². The molecule has 0 saturated carbocycles. The largest absolute Gasteiger partial charge is 0.494 e. The molecule has 27 heavy (non-hydrogen) atoms. The van der Waals surface area contributed by atoms with Crippen LogP contribution in [0.5, 0.6) is 5.75 Å². The Morgan fingerprint density at radius 3 is 2.74 bits per heavy atom. The number of carbonyl (C=O) groups excluding carboxylic acids is 1. The molecule has 5 heteroatoms. The Kier molecular flexibility index (Phi) is 5.39. The van der Waals surface area contributed by atoms with Crippen molar-refractivity contribution in [2.24, 2.45) is 5.92 Å². The number of rotatable bonds is 5. The standard InChI is InChI=1S/C22H27N3O2/c1-2-27-21-6-4-3-5-19(21)15-24-13-17-7-8-20(24)16-25(14-17)22(26)18-9-11-23-12-10-18/h3-6,9-12,17,20H,2,7-8,13-16H2,1H3/t17-,20-/m1/s1. The predicted molar refractivity (Wildman–Crippen MR) is 105 cm³/mol. The van der Waals surface area contributed by atoms with Gasteiger partial charge < -0.3 is 9.64 Å². The molecule has 2 atom stereocenters. The molecule has 0 N–H and O–H groups in total. The zero-order valence-corrected chi connectivity index (χ0v) is 15.9. The molecular formula is C22H27N3O2. The van der Waals surface area contributed by atoms with Crippen LogP contribution in [0.25, 0.3) is 0 Å². The van der Waals surface area contributed by atoms with Crippen LogP contribution < -0.4 is 4.74 Å². The number of para-hydroxylation sites is 1. The van der Waals surface area contributed by atoms with E-state index in [4.69, 9.17) is 4.74 Å². The van der Waals surface area contributed by atoms with Gasteiger partial charge in [-0.25, -0.2) is 0 Å². The van der Waals surface area contributed by atoms with Gasteiger partial charge in [0.05, 0.1) is 6.61 Å². The summed E-state index contributed by atoms with van der Waals surface area (Å²) in [6, 6.07) is 12.3. The molecule has 1 amide bonds. The average Bonchev–Trinajstić information content (AvgIpc) is 3.02. The Labute approximate surface area is 161 Å². The first-order valence-electron chi connectivity index (χ1n) is 9.88. The molecule has 3 fully saturated rings. The van der Waals surface area contributed by atoms with Crippen molar-refractivity contribution in [3.05, 3.63) is 59.9 Å². The topological polar surface area (TPSA) is 45.7 Å². The quantitative estimate of drug-likeness (QED) is 0.816. The molecule has 1 aromatic carbocycles. The van der Waals surface area contributed by atoms with Crippen LogP contribution in [0.2, 0.25) is 0 Å². The smallest absolute Gasteiger partial charge is 0.254 e. The minimum absolute atomic E-state index is 0.130. The predicted octanol–water partition coefficient (Wildman–Crippen LogP) is 3.22. The van der Waals surface area contributed by atoms with E-state index in [0.29, 0.717) is 18.6 Å². The van der Waals surface area contributed by atoms with Crippen LogP contribution in [0.15, 0.2) is 48.8 Å². The number of hydrogen-bond donors (Lipinski definition) is 0. The molecule has 2 aromatic rings. The van der Waals surface area contributed by atoms with Crippen molar-refractivity contribution in [3.8, 4) is 5.75 Å². The summed E-state index contributed by atoms with van der Waals surface area (Å²) in [5, 5.41) is 0. The maximum Gasteiger partial charge on any atom is 0.254 e. The first-order chi connectivity index (χ1) is 13.2. The van der Waals surface area contributed by atoms with Gasteiger partial charge in [-0.15, -0.1) is 0 Å². The Morgan fingerprint density at radius 2 is 1.93 bits per heavy atom. The van der Waals surface area contributed by atoms with E-state index in [0.717, 1.165) is 43.9 Å². The monoisotopic (exact) mass is 365 g/mol. The highest BCUT2D eigenvalue weighted by Crippen LogP contribution is 2.31. The maximum absolute atomic E-state index is 12.9. The molecule has 0 spiro atoms. The lowest BCUT2D eigenvalue weighted by Gasteiger charge is -2.36. The highest BCUT2D eigenvalue weighted by atomic mass is 16.5. The number of ether oxygens (including phenoxy) is 1. The second-order valence-corrected chi connectivity index (χ2v) is 7.51. The van der Waals surface area contributed by atoms with E-state index in [1.165, 1.54) is 12.0 Å². The summed E-state index contributed by atoms with van der Waals surface area (Å²) in [6.45, 7) is 6.28. The highest BCUT2D eigenvalue weighted by molar-refractivity contribution is 5.94. The number of hydrogen-bond acceptors (Lipinski definition) is 4. The second kappa shape index (κ2) is 8.09. The number of amides is 1. The normalized spacial score (nSPS) is 22.5. The Bertz CT molecular complexity index is 780. The molecule has 0 radical (unpaired) electrons. The SMILES string of the molecule is CCOc1ccccc1CN1C[C@H]2CC[C@@H]1CN(C(=O)c1ccncc1)C2. The molecule has 3 saturated heterocycles. The molecule has 0 unspecified atom stereocenters. The fraction of sp³-hybridized carbons (Fsp3) is 0.455. The van der Waals surface area contributed by atoms with E-state index < -0.39 is 0 Å². The fourth-order valence-corrected chi connectivity index (χ4v) is 4.37. The van der Waals surface area contributed by atoms with Crippen molar-refractivity contribution < 1.29 is 9.53 Å². The maximum atomic E-state index is 12.9. The molecule has 2 bridgehead atoms. The third-order valence-corrected chi connectivity index (χ3v) is 5.69. The van der Waals surface area contributed by atoms with Gasteiger partial charge in [-0.05, 0) is 43.9 Å². The van der Waals surface area contributed by atoms with Gasteiger partial charge in [0.2, 0.25) is 0 Å². The zero-order valence-electron chi connectivity index (χ0n) is 15.9. The summed E-state index contributed by atoms with van der Waals surface area (Å²) < 4.78 is 5.81. The minimum Gasteiger partial charge on any atom is -0.494 e. The number of nitrogens with zero attached hydrogens (tertiary/aromatic N) is 3. The number of carbonyl (C=O) groups is 1. The van der Waals surface area contributed by atoms with E-state index in [-0.39, 0.29) is 5.91 Å². The van der Waals surface area contributed by atoms with E-state index in [9.17, 15) is 4.79 Å². The Morgan fingerprint density at radius 1 is 1.11 bits per heavy atom. The van der Waals surface area contributed by atoms with Crippen molar-refractivity contribution >= 4 is 5.91 Å². The lowest BCUT2D eigenvalue weighted by Crippen LogP contribution is -2.44. The Hall–Kier alpha value is -2.40. The number of piperidine rings is 1. The number of fused-ring (bicyclic) bond motifs is 4. The lowest BCUT2D eigenvalue weighted by atomic mass is 9.94. The lowest BCUT2D eigenvalue weighted by molar-refractivity contribution is 0.0735. The molecule has 3 aliphatic heterocycles. The van der Waals surface area contributed by atoms with Gasteiger partial charge in [0.15, 0.2) is 0 Å². The number of benzene rings is 1. The fourth-order valence-electron chi connectivity index (χ4n) is 4.37.